The lowest BCUT2D eigenvalue weighted by molar-refractivity contribution is 0.0412. The van der Waals surface area contributed by atoms with E-state index < -0.39 is 0 Å². The summed E-state index contributed by atoms with van der Waals surface area (Å²) >= 11 is 0. The number of nitrogens with two attached hydrogens (primary N) is 1. The van der Waals surface area contributed by atoms with E-state index in [2.05, 4.69) is 0 Å². The largest absolute Gasteiger partial charge is 0.388 e. The molecule has 1 rings (SSSR count). The molecule has 0 atom stereocenters. The zero-order valence-corrected chi connectivity index (χ0v) is 9.63. The fourth-order valence-electron chi connectivity index (χ4n) is 2.08. The van der Waals surface area contributed by atoms with Crippen molar-refractivity contribution in [1.82, 2.24) is 0 Å². The van der Waals surface area contributed by atoms with Crippen molar-refractivity contribution in [2.45, 2.75) is 63.9 Å². The first-order chi connectivity index (χ1) is 7.29. The van der Waals surface area contributed by atoms with Crippen molar-refractivity contribution in [3.8, 4) is 0 Å². The van der Waals surface area contributed by atoms with Gasteiger partial charge in [0.05, 0.1) is 11.9 Å². The van der Waals surface area contributed by atoms with Crippen molar-refractivity contribution in [3.05, 3.63) is 0 Å². The van der Waals surface area contributed by atoms with Gasteiger partial charge >= 0.3 is 0 Å². The molecule has 0 unspecified atom stereocenters. The predicted molar refractivity (Wildman–Crippen MR) is 63.2 cm³/mol. The lowest BCUT2D eigenvalue weighted by Crippen LogP contribution is -2.13. The average Bonchev–Trinajstić information content (AvgIpc) is 2.45. The number of rotatable bonds is 6. The van der Waals surface area contributed by atoms with Crippen LogP contribution in [-0.2, 0) is 4.74 Å². The van der Waals surface area contributed by atoms with Crippen molar-refractivity contribution in [2.24, 2.45) is 5.73 Å². The Kier molecular flexibility index (Phi) is 6.41. The van der Waals surface area contributed by atoms with Crippen LogP contribution >= 0.6 is 0 Å². The van der Waals surface area contributed by atoms with E-state index in [0.29, 0.717) is 18.4 Å². The van der Waals surface area contributed by atoms with Gasteiger partial charge in [0, 0.05) is 13.0 Å². The Bertz CT molecular complexity index is 174. The van der Waals surface area contributed by atoms with Gasteiger partial charge < -0.3 is 10.5 Å². The van der Waals surface area contributed by atoms with E-state index in [-0.39, 0.29) is 0 Å². The van der Waals surface area contributed by atoms with Crippen LogP contribution in [0.15, 0.2) is 0 Å². The number of unbranched alkanes of at least 4 members (excludes halogenated alkanes) is 1. The van der Waals surface area contributed by atoms with Crippen molar-refractivity contribution in [3.63, 3.8) is 0 Å². The first-order valence-corrected chi connectivity index (χ1v) is 6.23. The molecule has 0 aromatic carbocycles. The van der Waals surface area contributed by atoms with Gasteiger partial charge in [0.1, 0.15) is 0 Å². The highest BCUT2D eigenvalue weighted by Gasteiger charge is 2.11. The Morgan fingerprint density at radius 3 is 2.40 bits per heavy atom. The second-order valence-electron chi connectivity index (χ2n) is 4.47. The molecule has 1 fully saturated rings. The molecule has 0 heterocycles. The van der Waals surface area contributed by atoms with Gasteiger partial charge in [-0.3, -0.25) is 5.41 Å². The Balaban J connectivity index is 1.96. The van der Waals surface area contributed by atoms with Gasteiger partial charge in [-0.25, -0.2) is 0 Å². The third-order valence-corrected chi connectivity index (χ3v) is 3.00. The van der Waals surface area contributed by atoms with Gasteiger partial charge in [0.25, 0.3) is 0 Å². The molecule has 3 N–H and O–H groups in total. The van der Waals surface area contributed by atoms with Crippen molar-refractivity contribution < 1.29 is 4.74 Å². The van der Waals surface area contributed by atoms with E-state index in [0.717, 1.165) is 19.4 Å². The molecule has 3 heteroatoms. The molecule has 0 radical (unpaired) electrons. The van der Waals surface area contributed by atoms with E-state index in [1.165, 1.54) is 38.5 Å². The molecule has 0 spiro atoms. The summed E-state index contributed by atoms with van der Waals surface area (Å²) in [6.45, 7) is 0.845. The standard InChI is InChI=1S/C12H24N2O/c13-12(14)9-5-6-10-15-11-7-3-1-2-4-8-11/h11H,1-10H2,(H3,13,14). The summed E-state index contributed by atoms with van der Waals surface area (Å²) in [6, 6.07) is 0. The molecule has 1 aliphatic rings. The Morgan fingerprint density at radius 1 is 1.13 bits per heavy atom. The average molecular weight is 212 g/mol. The van der Waals surface area contributed by atoms with Crippen LogP contribution < -0.4 is 5.73 Å². The van der Waals surface area contributed by atoms with Gasteiger partial charge in [-0.05, 0) is 25.7 Å². The highest BCUT2D eigenvalue weighted by Crippen LogP contribution is 2.19. The van der Waals surface area contributed by atoms with E-state index >= 15 is 0 Å². The first kappa shape index (κ1) is 12.5. The summed E-state index contributed by atoms with van der Waals surface area (Å²) in [7, 11) is 0. The molecule has 15 heavy (non-hydrogen) atoms. The molecule has 1 aliphatic carbocycles. The summed E-state index contributed by atoms with van der Waals surface area (Å²) in [4.78, 5) is 0. The zero-order chi connectivity index (χ0) is 10.9. The first-order valence-electron chi connectivity index (χ1n) is 6.23. The normalized spacial score (nSPS) is 18.7. The minimum atomic E-state index is 0.296. The van der Waals surface area contributed by atoms with E-state index in [9.17, 15) is 0 Å². The van der Waals surface area contributed by atoms with Crippen LogP contribution in [0.3, 0.4) is 0 Å². The minimum Gasteiger partial charge on any atom is -0.388 e. The van der Waals surface area contributed by atoms with Crippen LogP contribution in [0.2, 0.25) is 0 Å². The Labute approximate surface area is 92.9 Å². The Hall–Kier alpha value is -0.570. The fourth-order valence-corrected chi connectivity index (χ4v) is 2.08. The van der Waals surface area contributed by atoms with Crippen LogP contribution in [0.1, 0.15) is 57.8 Å². The molecular weight excluding hydrogens is 188 g/mol. The monoisotopic (exact) mass is 212 g/mol. The smallest absolute Gasteiger partial charge is 0.0905 e. The van der Waals surface area contributed by atoms with Crippen LogP contribution in [0.25, 0.3) is 0 Å². The molecule has 0 amide bonds. The van der Waals surface area contributed by atoms with Crippen LogP contribution in [0.4, 0.5) is 0 Å². The molecular formula is C12H24N2O. The third-order valence-electron chi connectivity index (χ3n) is 3.00. The molecule has 3 nitrogen and oxygen atoms in total. The van der Waals surface area contributed by atoms with Crippen molar-refractivity contribution in [1.29, 1.82) is 5.41 Å². The van der Waals surface area contributed by atoms with Crippen LogP contribution in [-0.4, -0.2) is 18.5 Å². The van der Waals surface area contributed by atoms with Crippen molar-refractivity contribution >= 4 is 5.84 Å². The van der Waals surface area contributed by atoms with Gasteiger partial charge in [0.15, 0.2) is 0 Å². The van der Waals surface area contributed by atoms with Crippen molar-refractivity contribution in [2.75, 3.05) is 6.61 Å². The maximum absolute atomic E-state index is 7.09. The molecule has 0 aliphatic heterocycles. The van der Waals surface area contributed by atoms with E-state index in [1.807, 2.05) is 0 Å². The second-order valence-corrected chi connectivity index (χ2v) is 4.47. The quantitative estimate of drug-likeness (QED) is 0.308. The Morgan fingerprint density at radius 2 is 1.80 bits per heavy atom. The fraction of sp³-hybridized carbons (Fsp3) is 0.917. The molecule has 0 bridgehead atoms. The number of amidine groups is 1. The minimum absolute atomic E-state index is 0.296. The molecule has 0 aromatic heterocycles. The maximum atomic E-state index is 7.09. The molecule has 1 saturated carbocycles. The predicted octanol–water partition coefficient (Wildman–Crippen LogP) is 2.83. The summed E-state index contributed by atoms with van der Waals surface area (Å²) in [5.74, 6) is 0.296. The van der Waals surface area contributed by atoms with Crippen LogP contribution in [0.5, 0.6) is 0 Å². The third kappa shape index (κ3) is 6.50. The van der Waals surface area contributed by atoms with Gasteiger partial charge in [-0.1, -0.05) is 25.7 Å². The maximum Gasteiger partial charge on any atom is 0.0905 e. The van der Waals surface area contributed by atoms with Gasteiger partial charge in [0.2, 0.25) is 0 Å². The van der Waals surface area contributed by atoms with E-state index in [4.69, 9.17) is 15.9 Å². The number of hydrogen-bond acceptors (Lipinski definition) is 2. The number of ether oxygens (including phenoxy) is 1. The second kappa shape index (κ2) is 7.69. The lowest BCUT2D eigenvalue weighted by atomic mass is 10.1. The SMILES string of the molecule is N=C(N)CCCCOC1CCCCCC1. The van der Waals surface area contributed by atoms with Gasteiger partial charge in [-0.2, -0.15) is 0 Å². The van der Waals surface area contributed by atoms with Crippen LogP contribution in [0, 0.1) is 5.41 Å². The topological polar surface area (TPSA) is 59.1 Å². The molecule has 0 saturated heterocycles. The number of hydrogen-bond donors (Lipinski definition) is 2. The molecule has 88 valence electrons. The molecule has 0 aromatic rings. The number of nitrogens with one attached hydrogen (secondary N) is 1. The van der Waals surface area contributed by atoms with E-state index in [1.54, 1.807) is 0 Å². The summed E-state index contributed by atoms with van der Waals surface area (Å²) < 4.78 is 5.83. The summed E-state index contributed by atoms with van der Waals surface area (Å²) in [6.07, 6.45) is 11.2. The lowest BCUT2D eigenvalue weighted by Gasteiger charge is -2.14. The summed E-state index contributed by atoms with van der Waals surface area (Å²) in [5, 5.41) is 7.09. The highest BCUT2D eigenvalue weighted by molar-refractivity contribution is 5.76. The van der Waals surface area contributed by atoms with Gasteiger partial charge in [-0.15, -0.1) is 0 Å². The highest BCUT2D eigenvalue weighted by atomic mass is 16.5. The zero-order valence-electron chi connectivity index (χ0n) is 9.63. The summed E-state index contributed by atoms with van der Waals surface area (Å²) in [5.41, 5.74) is 5.28.